The van der Waals surface area contributed by atoms with E-state index in [0.29, 0.717) is 5.56 Å². The van der Waals surface area contributed by atoms with Crippen molar-refractivity contribution in [1.82, 2.24) is 5.43 Å². The summed E-state index contributed by atoms with van der Waals surface area (Å²) in [7, 11) is 1.67. The van der Waals surface area contributed by atoms with Crippen LogP contribution in [0.25, 0.3) is 0 Å². The molecule has 1 N–H and O–H groups in total. The summed E-state index contributed by atoms with van der Waals surface area (Å²) in [6.07, 6.45) is 2.91. The molecule has 3 rings (SSSR count). The van der Waals surface area contributed by atoms with Crippen LogP contribution in [0.2, 0.25) is 0 Å². The van der Waals surface area contributed by atoms with Crippen molar-refractivity contribution in [1.29, 1.82) is 0 Å². The Labute approximate surface area is 129 Å². The van der Waals surface area contributed by atoms with Gasteiger partial charge in [0.2, 0.25) is 0 Å². The molecule has 1 amide bonds. The third-order valence-corrected chi connectivity index (χ3v) is 3.81. The number of nitrogens with zero attached hydrogens (tertiary/aromatic N) is 1. The molecule has 0 spiro atoms. The number of fused-ring (bicyclic) bond motifs is 1. The number of rotatable bonds is 3. The summed E-state index contributed by atoms with van der Waals surface area (Å²) < 4.78 is 5.26. The van der Waals surface area contributed by atoms with Crippen LogP contribution in [0.1, 0.15) is 34.3 Å². The molecule has 112 valence electrons. The quantitative estimate of drug-likeness (QED) is 0.884. The van der Waals surface area contributed by atoms with E-state index in [4.69, 9.17) is 4.74 Å². The maximum Gasteiger partial charge on any atom is 0.271 e. The van der Waals surface area contributed by atoms with Gasteiger partial charge in [-0.2, -0.15) is 5.10 Å². The van der Waals surface area contributed by atoms with Crippen molar-refractivity contribution in [3.63, 3.8) is 0 Å². The Balaban J connectivity index is 1.80. The van der Waals surface area contributed by atoms with E-state index in [9.17, 15) is 4.79 Å². The van der Waals surface area contributed by atoms with Crippen molar-refractivity contribution < 1.29 is 9.53 Å². The molecule has 0 bridgehead atoms. The summed E-state index contributed by atoms with van der Waals surface area (Å²) in [5.74, 6) is 0.669. The highest BCUT2D eigenvalue weighted by Gasteiger charge is 2.16. The maximum absolute atomic E-state index is 12.1. The predicted octanol–water partition coefficient (Wildman–Crippen LogP) is 3.17. The van der Waals surface area contributed by atoms with E-state index in [1.165, 1.54) is 5.56 Å². The average molecular weight is 294 g/mol. The number of benzene rings is 2. The van der Waals surface area contributed by atoms with Crippen LogP contribution in [0.15, 0.2) is 53.6 Å². The van der Waals surface area contributed by atoms with Gasteiger partial charge in [0, 0.05) is 11.1 Å². The third-order valence-electron chi connectivity index (χ3n) is 3.81. The normalized spacial score (nSPS) is 15.2. The average Bonchev–Trinajstić information content (AvgIpc) is 2.59. The number of aryl methyl sites for hydroxylation is 1. The number of nitrogens with one attached hydrogen (secondary N) is 1. The van der Waals surface area contributed by atoms with Crippen LogP contribution in [0.3, 0.4) is 0 Å². The molecular formula is C18H18N2O2. The lowest BCUT2D eigenvalue weighted by molar-refractivity contribution is 0.0954. The van der Waals surface area contributed by atoms with E-state index in [1.54, 1.807) is 19.2 Å². The molecular weight excluding hydrogens is 276 g/mol. The minimum atomic E-state index is -0.186. The smallest absolute Gasteiger partial charge is 0.271 e. The zero-order valence-electron chi connectivity index (χ0n) is 12.5. The molecule has 0 saturated carbocycles. The molecule has 1 aliphatic rings. The van der Waals surface area contributed by atoms with Gasteiger partial charge in [-0.15, -0.1) is 0 Å². The van der Waals surface area contributed by atoms with Gasteiger partial charge in [-0.3, -0.25) is 4.79 Å². The van der Waals surface area contributed by atoms with E-state index in [1.807, 2.05) is 36.4 Å². The van der Waals surface area contributed by atoms with Crippen LogP contribution in [0.4, 0.5) is 0 Å². The third kappa shape index (κ3) is 3.01. The summed E-state index contributed by atoms with van der Waals surface area (Å²) in [6.45, 7) is 0. The summed E-state index contributed by atoms with van der Waals surface area (Å²) in [5.41, 5.74) is 6.51. The van der Waals surface area contributed by atoms with Crippen molar-refractivity contribution >= 4 is 11.6 Å². The van der Waals surface area contributed by atoms with E-state index in [-0.39, 0.29) is 5.91 Å². The molecule has 0 atom stereocenters. The lowest BCUT2D eigenvalue weighted by atomic mass is 9.90. The highest BCUT2D eigenvalue weighted by atomic mass is 16.5. The number of amides is 1. The molecule has 4 heteroatoms. The molecule has 0 aliphatic heterocycles. The number of carbonyl (C=O) groups excluding carboxylic acids is 1. The van der Waals surface area contributed by atoms with Gasteiger partial charge < -0.3 is 4.74 Å². The number of hydrogen-bond donors (Lipinski definition) is 1. The van der Waals surface area contributed by atoms with Gasteiger partial charge in [0.25, 0.3) is 5.91 Å². The zero-order chi connectivity index (χ0) is 15.4. The first-order chi connectivity index (χ1) is 10.8. The molecule has 0 fully saturated rings. The fourth-order valence-corrected chi connectivity index (χ4v) is 2.65. The molecule has 4 nitrogen and oxygen atoms in total. The first kappa shape index (κ1) is 14.3. The standard InChI is InChI=1S/C18H18N2O2/c1-22-15-10-11-16-14(12-15)8-5-9-17(16)19-20-18(21)13-6-3-2-4-7-13/h2-4,6-7,10-12H,5,8-9H2,1H3,(H,20,21)/b19-17+. The van der Waals surface area contributed by atoms with E-state index >= 15 is 0 Å². The van der Waals surface area contributed by atoms with E-state index < -0.39 is 0 Å². The predicted molar refractivity (Wildman–Crippen MR) is 86.4 cm³/mol. The minimum Gasteiger partial charge on any atom is -0.497 e. The Morgan fingerprint density at radius 2 is 1.95 bits per heavy atom. The lowest BCUT2D eigenvalue weighted by Gasteiger charge is -2.18. The maximum atomic E-state index is 12.1. The van der Waals surface area contributed by atoms with E-state index in [2.05, 4.69) is 10.5 Å². The monoisotopic (exact) mass is 294 g/mol. The van der Waals surface area contributed by atoms with Gasteiger partial charge in [-0.1, -0.05) is 18.2 Å². The fourth-order valence-electron chi connectivity index (χ4n) is 2.65. The second kappa shape index (κ2) is 6.43. The topological polar surface area (TPSA) is 50.7 Å². The van der Waals surface area contributed by atoms with Crippen molar-refractivity contribution in [2.75, 3.05) is 7.11 Å². The summed E-state index contributed by atoms with van der Waals surface area (Å²) >= 11 is 0. The number of carbonyl (C=O) groups is 1. The van der Waals surface area contributed by atoms with Crippen molar-refractivity contribution in [2.45, 2.75) is 19.3 Å². The molecule has 0 unspecified atom stereocenters. The molecule has 1 aliphatic carbocycles. The van der Waals surface area contributed by atoms with Crippen LogP contribution in [-0.4, -0.2) is 18.7 Å². The Kier molecular flexibility index (Phi) is 4.19. The summed E-state index contributed by atoms with van der Waals surface area (Å²) in [5, 5.41) is 4.33. The molecule has 0 radical (unpaired) electrons. The number of hydrazone groups is 1. The molecule has 0 saturated heterocycles. The van der Waals surface area contributed by atoms with Gasteiger partial charge in [0.1, 0.15) is 5.75 Å². The first-order valence-corrected chi connectivity index (χ1v) is 7.37. The minimum absolute atomic E-state index is 0.186. The Morgan fingerprint density at radius 1 is 1.14 bits per heavy atom. The molecule has 0 heterocycles. The zero-order valence-corrected chi connectivity index (χ0v) is 12.5. The van der Waals surface area contributed by atoms with Gasteiger partial charge in [0.05, 0.1) is 12.8 Å². The van der Waals surface area contributed by atoms with Crippen molar-refractivity contribution in [2.24, 2.45) is 5.10 Å². The Hall–Kier alpha value is -2.62. The SMILES string of the molecule is COc1ccc2c(c1)CCC/C2=N\NC(=O)c1ccccc1. The molecule has 0 aromatic heterocycles. The second-order valence-corrected chi connectivity index (χ2v) is 5.24. The fraction of sp³-hybridized carbons (Fsp3) is 0.222. The Bertz CT molecular complexity index is 708. The number of ether oxygens (including phenoxy) is 1. The lowest BCUT2D eigenvalue weighted by Crippen LogP contribution is -2.22. The number of hydrogen-bond acceptors (Lipinski definition) is 3. The van der Waals surface area contributed by atoms with Crippen LogP contribution >= 0.6 is 0 Å². The summed E-state index contributed by atoms with van der Waals surface area (Å²) in [6, 6.07) is 15.1. The van der Waals surface area contributed by atoms with Gasteiger partial charge >= 0.3 is 0 Å². The van der Waals surface area contributed by atoms with Crippen LogP contribution in [0, 0.1) is 0 Å². The Morgan fingerprint density at radius 3 is 2.73 bits per heavy atom. The highest BCUT2D eigenvalue weighted by Crippen LogP contribution is 2.25. The largest absolute Gasteiger partial charge is 0.497 e. The van der Waals surface area contributed by atoms with Crippen LogP contribution in [0.5, 0.6) is 5.75 Å². The highest BCUT2D eigenvalue weighted by molar-refractivity contribution is 6.04. The second-order valence-electron chi connectivity index (χ2n) is 5.24. The number of methoxy groups -OCH3 is 1. The molecule has 22 heavy (non-hydrogen) atoms. The van der Waals surface area contributed by atoms with Crippen molar-refractivity contribution in [3.05, 3.63) is 65.2 Å². The van der Waals surface area contributed by atoms with Crippen LogP contribution < -0.4 is 10.2 Å². The first-order valence-electron chi connectivity index (χ1n) is 7.37. The van der Waals surface area contributed by atoms with Crippen molar-refractivity contribution in [3.8, 4) is 5.75 Å². The molecule has 2 aromatic carbocycles. The summed E-state index contributed by atoms with van der Waals surface area (Å²) in [4.78, 5) is 12.1. The van der Waals surface area contributed by atoms with Gasteiger partial charge in [0.15, 0.2) is 0 Å². The van der Waals surface area contributed by atoms with E-state index in [0.717, 1.165) is 36.3 Å². The van der Waals surface area contributed by atoms with Crippen LogP contribution in [-0.2, 0) is 6.42 Å². The van der Waals surface area contributed by atoms with Gasteiger partial charge in [-0.25, -0.2) is 5.43 Å². The van der Waals surface area contributed by atoms with Gasteiger partial charge in [-0.05, 0) is 55.2 Å². The molecule has 2 aromatic rings.